The van der Waals surface area contributed by atoms with E-state index in [2.05, 4.69) is 4.74 Å². The largest absolute Gasteiger partial charge is 0.465 e. The van der Waals surface area contributed by atoms with Crippen LogP contribution >= 0.6 is 22.6 Å². The van der Waals surface area contributed by atoms with Crippen molar-refractivity contribution in [3.8, 4) is 0 Å². The molecule has 0 aromatic heterocycles. The predicted octanol–water partition coefficient (Wildman–Crippen LogP) is 3.23. The molecule has 0 aliphatic heterocycles. The molecule has 0 aliphatic carbocycles. The lowest BCUT2D eigenvalue weighted by atomic mass is 10.1. The van der Waals surface area contributed by atoms with Crippen molar-refractivity contribution in [3.63, 3.8) is 0 Å². The van der Waals surface area contributed by atoms with Crippen molar-refractivity contribution >= 4 is 28.6 Å². The van der Waals surface area contributed by atoms with Crippen LogP contribution in [0.25, 0.3) is 0 Å². The zero-order chi connectivity index (χ0) is 12.9. The van der Waals surface area contributed by atoms with Crippen molar-refractivity contribution in [3.05, 3.63) is 35.9 Å². The van der Waals surface area contributed by atoms with E-state index in [-0.39, 0.29) is 3.92 Å². The number of esters is 1. The van der Waals surface area contributed by atoms with Crippen LogP contribution in [0.2, 0.25) is 0 Å². The molecule has 0 aliphatic rings. The molecule has 0 bridgehead atoms. The lowest BCUT2D eigenvalue weighted by Gasteiger charge is -2.17. The molecule has 17 heavy (non-hydrogen) atoms. The average molecular weight is 354 g/mol. The fourth-order valence-electron chi connectivity index (χ4n) is 1.45. The highest BCUT2D eigenvalue weighted by Gasteiger charge is 2.41. The Labute approximate surface area is 112 Å². The molecule has 0 radical (unpaired) electrons. The van der Waals surface area contributed by atoms with Gasteiger partial charge in [-0.25, -0.2) is 4.79 Å². The van der Waals surface area contributed by atoms with Gasteiger partial charge in [-0.05, 0) is 12.0 Å². The lowest BCUT2D eigenvalue weighted by molar-refractivity contribution is -0.169. The van der Waals surface area contributed by atoms with Gasteiger partial charge in [0, 0.05) is 10.3 Å². The SMILES string of the molecule is COC(=O)C(F)(F)CC(I)Cc1ccccc1. The number of carbonyl (C=O) groups excluding carboxylic acids is 1. The first-order chi connectivity index (χ1) is 7.95. The second-order valence-electron chi connectivity index (χ2n) is 3.69. The summed E-state index contributed by atoms with van der Waals surface area (Å²) in [6.45, 7) is 0. The molecule has 0 N–H and O–H groups in total. The van der Waals surface area contributed by atoms with Gasteiger partial charge >= 0.3 is 11.9 Å². The van der Waals surface area contributed by atoms with Crippen LogP contribution < -0.4 is 0 Å². The number of rotatable bonds is 5. The third-order valence-corrected chi connectivity index (χ3v) is 3.14. The molecule has 0 saturated heterocycles. The number of benzene rings is 1. The van der Waals surface area contributed by atoms with Gasteiger partial charge in [0.15, 0.2) is 0 Å². The van der Waals surface area contributed by atoms with E-state index in [0.717, 1.165) is 12.7 Å². The van der Waals surface area contributed by atoms with Crippen LogP contribution in [0.1, 0.15) is 12.0 Å². The summed E-state index contributed by atoms with van der Waals surface area (Å²) in [5, 5.41) is 0. The van der Waals surface area contributed by atoms with Gasteiger partial charge < -0.3 is 4.74 Å². The number of carbonyl (C=O) groups is 1. The fourth-order valence-corrected chi connectivity index (χ4v) is 2.51. The summed E-state index contributed by atoms with van der Waals surface area (Å²) in [5.74, 6) is -4.87. The minimum atomic E-state index is -3.41. The zero-order valence-electron chi connectivity index (χ0n) is 9.33. The molecule has 1 atom stereocenters. The Hall–Kier alpha value is -0.720. The summed E-state index contributed by atoms with van der Waals surface area (Å²) in [6.07, 6.45) is 0.00309. The highest BCUT2D eigenvalue weighted by molar-refractivity contribution is 14.1. The quantitative estimate of drug-likeness (QED) is 0.461. The Morgan fingerprint density at radius 3 is 2.53 bits per heavy atom. The van der Waals surface area contributed by atoms with Gasteiger partial charge in [0.2, 0.25) is 0 Å². The van der Waals surface area contributed by atoms with E-state index in [1.54, 1.807) is 0 Å². The van der Waals surface area contributed by atoms with Gasteiger partial charge in [0.1, 0.15) is 0 Å². The van der Waals surface area contributed by atoms with E-state index < -0.39 is 18.3 Å². The van der Waals surface area contributed by atoms with Gasteiger partial charge in [-0.2, -0.15) is 8.78 Å². The Balaban J connectivity index is 2.55. The minimum absolute atomic E-state index is 0.316. The topological polar surface area (TPSA) is 26.3 Å². The summed E-state index contributed by atoms with van der Waals surface area (Å²) < 4.78 is 30.3. The molecule has 2 nitrogen and oxygen atoms in total. The molecule has 0 fully saturated rings. The maximum atomic E-state index is 13.3. The molecule has 0 amide bonds. The maximum Gasteiger partial charge on any atom is 0.376 e. The first kappa shape index (κ1) is 14.3. The van der Waals surface area contributed by atoms with E-state index in [1.807, 2.05) is 52.9 Å². The second kappa shape index (κ2) is 6.28. The van der Waals surface area contributed by atoms with Gasteiger partial charge in [-0.15, -0.1) is 0 Å². The van der Waals surface area contributed by atoms with Crippen LogP contribution in [0.3, 0.4) is 0 Å². The number of halogens is 3. The number of ether oxygens (including phenoxy) is 1. The van der Waals surface area contributed by atoms with E-state index in [1.165, 1.54) is 0 Å². The highest BCUT2D eigenvalue weighted by Crippen LogP contribution is 2.27. The fraction of sp³-hybridized carbons (Fsp3) is 0.417. The lowest BCUT2D eigenvalue weighted by Crippen LogP contribution is -2.33. The average Bonchev–Trinajstić information content (AvgIpc) is 2.28. The molecule has 0 heterocycles. The monoisotopic (exact) mass is 354 g/mol. The van der Waals surface area contributed by atoms with Crippen molar-refractivity contribution in [2.45, 2.75) is 22.7 Å². The zero-order valence-corrected chi connectivity index (χ0v) is 11.5. The summed E-state index contributed by atoms with van der Waals surface area (Å²) in [7, 11) is 0.968. The standard InChI is InChI=1S/C12H13F2IO2/c1-17-11(16)12(13,14)8-10(15)7-9-5-3-2-4-6-9/h2-6,10H,7-8H2,1H3. The Morgan fingerprint density at radius 2 is 2.00 bits per heavy atom. The molecule has 5 heteroatoms. The maximum absolute atomic E-state index is 13.3. The van der Waals surface area contributed by atoms with E-state index in [0.29, 0.717) is 6.42 Å². The Kier molecular flexibility index (Phi) is 5.30. The Morgan fingerprint density at radius 1 is 1.41 bits per heavy atom. The van der Waals surface area contributed by atoms with Crippen LogP contribution in [-0.2, 0) is 16.0 Å². The van der Waals surface area contributed by atoms with Crippen LogP contribution in [0.5, 0.6) is 0 Å². The molecule has 94 valence electrons. The number of alkyl halides is 3. The predicted molar refractivity (Wildman–Crippen MR) is 69.5 cm³/mol. The van der Waals surface area contributed by atoms with Gasteiger partial charge in [-0.1, -0.05) is 52.9 Å². The number of hydrogen-bond acceptors (Lipinski definition) is 2. The van der Waals surface area contributed by atoms with Gasteiger partial charge in [0.25, 0.3) is 0 Å². The van der Waals surface area contributed by atoms with Gasteiger partial charge in [-0.3, -0.25) is 0 Å². The van der Waals surface area contributed by atoms with E-state index in [9.17, 15) is 13.6 Å². The summed E-state index contributed by atoms with van der Waals surface area (Å²) in [5.41, 5.74) is 0.979. The molecule has 1 rings (SSSR count). The van der Waals surface area contributed by atoms with E-state index in [4.69, 9.17) is 0 Å². The molecule has 0 spiro atoms. The van der Waals surface area contributed by atoms with Crippen molar-refractivity contribution in [1.29, 1.82) is 0 Å². The first-order valence-electron chi connectivity index (χ1n) is 5.10. The van der Waals surface area contributed by atoms with Crippen LogP contribution in [0.4, 0.5) is 8.78 Å². The molecular weight excluding hydrogens is 341 g/mol. The van der Waals surface area contributed by atoms with Crippen LogP contribution in [0, 0.1) is 0 Å². The molecule has 1 aromatic rings. The van der Waals surface area contributed by atoms with Crippen LogP contribution in [-0.4, -0.2) is 22.9 Å². The van der Waals surface area contributed by atoms with Crippen molar-refractivity contribution in [1.82, 2.24) is 0 Å². The summed E-state index contributed by atoms with van der Waals surface area (Å²) in [4.78, 5) is 10.8. The van der Waals surface area contributed by atoms with Crippen LogP contribution in [0.15, 0.2) is 30.3 Å². The Bertz CT molecular complexity index is 368. The number of methoxy groups -OCH3 is 1. The molecule has 1 unspecified atom stereocenters. The molecule has 0 saturated carbocycles. The molecular formula is C12H13F2IO2. The van der Waals surface area contributed by atoms with Crippen molar-refractivity contribution < 1.29 is 18.3 Å². The summed E-state index contributed by atoms with van der Waals surface area (Å²) in [6, 6.07) is 9.34. The highest BCUT2D eigenvalue weighted by atomic mass is 127. The number of hydrogen-bond donors (Lipinski definition) is 0. The van der Waals surface area contributed by atoms with E-state index >= 15 is 0 Å². The van der Waals surface area contributed by atoms with Gasteiger partial charge in [0.05, 0.1) is 7.11 Å². The third-order valence-electron chi connectivity index (χ3n) is 2.26. The second-order valence-corrected chi connectivity index (χ2v) is 5.45. The molecule has 1 aromatic carbocycles. The van der Waals surface area contributed by atoms with Crippen molar-refractivity contribution in [2.24, 2.45) is 0 Å². The smallest absolute Gasteiger partial charge is 0.376 e. The minimum Gasteiger partial charge on any atom is -0.465 e. The first-order valence-corrected chi connectivity index (χ1v) is 6.34. The van der Waals surface area contributed by atoms with Crippen molar-refractivity contribution in [2.75, 3.05) is 7.11 Å². The normalized spacial score (nSPS) is 13.2. The summed E-state index contributed by atoms with van der Waals surface area (Å²) >= 11 is 1.93. The third kappa shape index (κ3) is 4.57.